The number of amides is 1. The highest BCUT2D eigenvalue weighted by atomic mass is 16.6. The number of likely N-dealkylation sites (N-methyl/N-ethyl adjacent to an activating group) is 1. The second-order valence-electron chi connectivity index (χ2n) is 4.06. The Hall–Kier alpha value is -1.96. The lowest BCUT2D eigenvalue weighted by molar-refractivity contribution is -0.385. The Morgan fingerprint density at radius 3 is 2.89 bits per heavy atom. The maximum Gasteiger partial charge on any atom is 0.306 e. The van der Waals surface area contributed by atoms with Crippen LogP contribution >= 0.6 is 0 Å². The van der Waals surface area contributed by atoms with Crippen LogP contribution in [-0.4, -0.2) is 45.1 Å². The topological polar surface area (TPSA) is 107 Å². The first-order chi connectivity index (χ1) is 8.45. The van der Waals surface area contributed by atoms with Crippen molar-refractivity contribution in [2.24, 2.45) is 5.73 Å². The van der Waals surface area contributed by atoms with Crippen LogP contribution in [-0.2, 0) is 11.3 Å². The number of aromatic nitrogens is 2. The van der Waals surface area contributed by atoms with E-state index in [0.717, 1.165) is 6.20 Å². The third-order valence-corrected chi connectivity index (χ3v) is 2.78. The summed E-state index contributed by atoms with van der Waals surface area (Å²) >= 11 is 0. The molecular weight excluding hydrogens is 238 g/mol. The molecule has 100 valence electrons. The number of hydrogen-bond acceptors (Lipinski definition) is 5. The highest BCUT2D eigenvalue weighted by molar-refractivity contribution is 5.76. The summed E-state index contributed by atoms with van der Waals surface area (Å²) in [4.78, 5) is 23.3. The van der Waals surface area contributed by atoms with E-state index in [1.54, 1.807) is 11.9 Å². The molecule has 0 aliphatic carbocycles. The molecule has 0 saturated carbocycles. The van der Waals surface area contributed by atoms with Crippen molar-refractivity contribution >= 4 is 11.6 Å². The van der Waals surface area contributed by atoms with Crippen molar-refractivity contribution in [1.29, 1.82) is 0 Å². The molecular formula is C10H17N5O3. The van der Waals surface area contributed by atoms with Crippen LogP contribution in [0.1, 0.15) is 13.3 Å². The van der Waals surface area contributed by atoms with Gasteiger partial charge in [0.1, 0.15) is 12.4 Å². The van der Waals surface area contributed by atoms with Gasteiger partial charge in [-0.05, 0) is 6.92 Å². The Kier molecular flexibility index (Phi) is 4.78. The fourth-order valence-corrected chi connectivity index (χ4v) is 1.36. The first kappa shape index (κ1) is 14.1. The van der Waals surface area contributed by atoms with Crippen LogP contribution in [0.2, 0.25) is 0 Å². The molecule has 0 fully saturated rings. The summed E-state index contributed by atoms with van der Waals surface area (Å²) in [6.45, 7) is 2.57. The molecule has 0 spiro atoms. The fourth-order valence-electron chi connectivity index (χ4n) is 1.36. The molecule has 1 atom stereocenters. The van der Waals surface area contributed by atoms with E-state index in [-0.39, 0.29) is 24.1 Å². The third kappa shape index (κ3) is 3.52. The van der Waals surface area contributed by atoms with E-state index in [2.05, 4.69) is 5.10 Å². The van der Waals surface area contributed by atoms with Crippen molar-refractivity contribution in [3.05, 3.63) is 22.5 Å². The lowest BCUT2D eigenvalue weighted by Gasteiger charge is -2.23. The van der Waals surface area contributed by atoms with Gasteiger partial charge in [-0.2, -0.15) is 5.10 Å². The van der Waals surface area contributed by atoms with Gasteiger partial charge in [0.15, 0.2) is 0 Å². The Labute approximate surface area is 105 Å². The summed E-state index contributed by atoms with van der Waals surface area (Å²) in [7, 11) is 1.69. The van der Waals surface area contributed by atoms with Crippen LogP contribution in [0.25, 0.3) is 0 Å². The van der Waals surface area contributed by atoms with Gasteiger partial charge in [0.05, 0.1) is 4.92 Å². The maximum atomic E-state index is 11.8. The minimum Gasteiger partial charge on any atom is -0.342 e. The van der Waals surface area contributed by atoms with Gasteiger partial charge < -0.3 is 10.6 Å². The molecule has 1 heterocycles. The zero-order valence-corrected chi connectivity index (χ0v) is 10.4. The van der Waals surface area contributed by atoms with Gasteiger partial charge in [0.25, 0.3) is 0 Å². The quantitative estimate of drug-likeness (QED) is 0.568. The van der Waals surface area contributed by atoms with Crippen molar-refractivity contribution in [1.82, 2.24) is 14.7 Å². The molecule has 0 aliphatic heterocycles. The molecule has 18 heavy (non-hydrogen) atoms. The van der Waals surface area contributed by atoms with E-state index in [9.17, 15) is 14.9 Å². The van der Waals surface area contributed by atoms with E-state index in [1.807, 2.05) is 6.92 Å². The van der Waals surface area contributed by atoms with Crippen LogP contribution in [0.15, 0.2) is 12.4 Å². The molecule has 0 aliphatic rings. The Morgan fingerprint density at radius 1 is 1.72 bits per heavy atom. The summed E-state index contributed by atoms with van der Waals surface area (Å²) in [5.74, 6) is -0.0638. The van der Waals surface area contributed by atoms with Crippen molar-refractivity contribution in [2.45, 2.75) is 25.9 Å². The Bertz CT molecular complexity index is 431. The molecule has 8 heteroatoms. The average Bonchev–Trinajstić information content (AvgIpc) is 2.82. The van der Waals surface area contributed by atoms with Crippen LogP contribution in [0.4, 0.5) is 5.69 Å². The summed E-state index contributed by atoms with van der Waals surface area (Å²) in [5.41, 5.74) is 5.39. The van der Waals surface area contributed by atoms with E-state index in [1.165, 1.54) is 10.9 Å². The number of carbonyl (C=O) groups is 1. The zero-order chi connectivity index (χ0) is 13.7. The predicted molar refractivity (Wildman–Crippen MR) is 64.8 cm³/mol. The van der Waals surface area contributed by atoms with Gasteiger partial charge in [0.2, 0.25) is 5.91 Å². The maximum absolute atomic E-state index is 11.8. The molecule has 1 amide bonds. The molecule has 1 aromatic rings. The zero-order valence-electron chi connectivity index (χ0n) is 10.4. The smallest absolute Gasteiger partial charge is 0.306 e. The van der Waals surface area contributed by atoms with Crippen LogP contribution in [0, 0.1) is 10.1 Å². The molecule has 0 radical (unpaired) electrons. The monoisotopic (exact) mass is 255 g/mol. The average molecular weight is 255 g/mol. The van der Waals surface area contributed by atoms with Crippen LogP contribution in [0.5, 0.6) is 0 Å². The molecule has 1 unspecified atom stereocenters. The molecule has 0 saturated heterocycles. The van der Waals surface area contributed by atoms with Crippen LogP contribution in [0.3, 0.4) is 0 Å². The molecule has 8 nitrogen and oxygen atoms in total. The number of rotatable bonds is 6. The largest absolute Gasteiger partial charge is 0.342 e. The summed E-state index contributed by atoms with van der Waals surface area (Å²) < 4.78 is 1.39. The number of hydrogen-bond donors (Lipinski definition) is 1. The van der Waals surface area contributed by atoms with Crippen molar-refractivity contribution in [3.8, 4) is 0 Å². The lowest BCUT2D eigenvalue weighted by atomic mass is 10.2. The number of nitrogens with zero attached hydrogens (tertiary/aromatic N) is 4. The van der Waals surface area contributed by atoms with E-state index in [0.29, 0.717) is 13.1 Å². The standard InChI is InChI=1S/C10H17N5O3/c1-8(5-11)13(2)10(16)3-4-14-7-9(6-12-14)15(17)18/h6-8H,3-5,11H2,1-2H3. The molecule has 1 rings (SSSR count). The predicted octanol–water partition coefficient (Wildman–Crippen LogP) is -0.0130. The number of nitrogens with two attached hydrogens (primary N) is 1. The molecule has 0 aromatic carbocycles. The molecule has 1 aromatic heterocycles. The van der Waals surface area contributed by atoms with E-state index >= 15 is 0 Å². The van der Waals surface area contributed by atoms with Gasteiger partial charge in [-0.15, -0.1) is 0 Å². The second kappa shape index (κ2) is 6.10. The van der Waals surface area contributed by atoms with E-state index < -0.39 is 4.92 Å². The Morgan fingerprint density at radius 2 is 2.39 bits per heavy atom. The summed E-state index contributed by atoms with van der Waals surface area (Å²) in [6, 6.07) is -0.0237. The second-order valence-corrected chi connectivity index (χ2v) is 4.06. The first-order valence-electron chi connectivity index (χ1n) is 5.58. The third-order valence-electron chi connectivity index (χ3n) is 2.78. The number of nitro groups is 1. The van der Waals surface area contributed by atoms with Crippen LogP contribution < -0.4 is 5.73 Å². The normalized spacial score (nSPS) is 12.2. The summed E-state index contributed by atoms with van der Waals surface area (Å²) in [6.07, 6.45) is 2.70. The number of aryl methyl sites for hydroxylation is 1. The first-order valence-corrected chi connectivity index (χ1v) is 5.58. The van der Waals surface area contributed by atoms with Gasteiger partial charge in [0, 0.05) is 32.6 Å². The van der Waals surface area contributed by atoms with Crippen molar-refractivity contribution in [2.75, 3.05) is 13.6 Å². The number of carbonyl (C=O) groups excluding carboxylic acids is 1. The fraction of sp³-hybridized carbons (Fsp3) is 0.600. The van der Waals surface area contributed by atoms with Gasteiger partial charge in [-0.25, -0.2) is 0 Å². The van der Waals surface area contributed by atoms with Gasteiger partial charge in [-0.1, -0.05) is 0 Å². The molecule has 2 N–H and O–H groups in total. The lowest BCUT2D eigenvalue weighted by Crippen LogP contribution is -2.40. The van der Waals surface area contributed by atoms with Crippen molar-refractivity contribution < 1.29 is 9.72 Å². The van der Waals surface area contributed by atoms with Gasteiger partial charge >= 0.3 is 5.69 Å². The highest BCUT2D eigenvalue weighted by Gasteiger charge is 2.15. The van der Waals surface area contributed by atoms with E-state index in [4.69, 9.17) is 5.73 Å². The Balaban J connectivity index is 2.49. The minimum absolute atomic E-state index is 0.0237. The molecule has 0 bridgehead atoms. The SMILES string of the molecule is CC(CN)N(C)C(=O)CCn1cc([N+](=O)[O-])cn1. The van der Waals surface area contributed by atoms with Crippen molar-refractivity contribution in [3.63, 3.8) is 0 Å². The highest BCUT2D eigenvalue weighted by Crippen LogP contribution is 2.08. The minimum atomic E-state index is -0.520. The van der Waals surface area contributed by atoms with Gasteiger partial charge in [-0.3, -0.25) is 19.6 Å². The summed E-state index contributed by atoms with van der Waals surface area (Å²) in [5, 5.41) is 14.3.